The third-order valence-electron chi connectivity index (χ3n) is 1.78. The maximum absolute atomic E-state index is 11.4. The van der Waals surface area contributed by atoms with Gasteiger partial charge in [0.1, 0.15) is 0 Å². The number of rotatable bonds is 0. The molecule has 0 amide bonds. The van der Waals surface area contributed by atoms with Crippen LogP contribution in [0.3, 0.4) is 0 Å². The Balaban J connectivity index is 2.79. The summed E-state index contributed by atoms with van der Waals surface area (Å²) in [6, 6.07) is 6.34. The molecule has 1 aromatic carbocycles. The van der Waals surface area contributed by atoms with Crippen molar-refractivity contribution < 1.29 is 8.42 Å². The lowest BCUT2D eigenvalue weighted by atomic mass is 10.2. The monoisotopic (exact) mass is 237 g/mol. The van der Waals surface area contributed by atoms with Gasteiger partial charge in [-0.05, 0) is 6.07 Å². The van der Waals surface area contributed by atoms with Crippen molar-refractivity contribution in [2.24, 2.45) is 0 Å². The van der Waals surface area contributed by atoms with E-state index in [1.54, 1.807) is 18.2 Å². The summed E-state index contributed by atoms with van der Waals surface area (Å²) in [7, 11) is -3.53. The number of halogens is 2. The van der Waals surface area contributed by atoms with Crippen molar-refractivity contribution in [2.75, 3.05) is 0 Å². The summed E-state index contributed by atoms with van der Waals surface area (Å²) in [6.07, 6.45) is 0. The maximum atomic E-state index is 11.4. The lowest BCUT2D eigenvalue weighted by molar-refractivity contribution is 0.586. The quantitative estimate of drug-likeness (QED) is 0.550. The van der Waals surface area contributed by atoms with Crippen LogP contribution in [0.2, 0.25) is 0 Å². The van der Waals surface area contributed by atoms with Crippen molar-refractivity contribution in [3.8, 4) is 0 Å². The molecule has 2 rings (SSSR count). The minimum Gasteiger partial charge on any atom is -0.207 e. The molecule has 0 aromatic heterocycles. The molecule has 1 aliphatic heterocycles. The predicted molar refractivity (Wildman–Crippen MR) is 50.1 cm³/mol. The van der Waals surface area contributed by atoms with E-state index in [4.69, 9.17) is 23.2 Å². The van der Waals surface area contributed by atoms with Gasteiger partial charge in [-0.15, -0.1) is 0 Å². The zero-order valence-corrected chi connectivity index (χ0v) is 8.62. The third kappa shape index (κ3) is 1.34. The van der Waals surface area contributed by atoms with Crippen LogP contribution >= 0.6 is 23.2 Å². The molecule has 0 radical (unpaired) electrons. The second-order valence-electron chi connectivity index (χ2n) is 2.68. The number of hydrogen-bond donors (Lipinski definition) is 1. The van der Waals surface area contributed by atoms with Gasteiger partial charge in [0.2, 0.25) is 14.5 Å². The molecular weight excluding hydrogens is 233 g/mol. The fourth-order valence-corrected chi connectivity index (χ4v) is 3.62. The topological polar surface area (TPSA) is 46.2 Å². The summed E-state index contributed by atoms with van der Waals surface area (Å²) < 4.78 is 23.4. The van der Waals surface area contributed by atoms with Gasteiger partial charge in [0.25, 0.3) is 0 Å². The fourth-order valence-electron chi connectivity index (χ4n) is 1.24. The molecule has 0 unspecified atom stereocenters. The Morgan fingerprint density at radius 3 is 2.46 bits per heavy atom. The molecule has 3 nitrogen and oxygen atoms in total. The molecule has 0 atom stereocenters. The van der Waals surface area contributed by atoms with Crippen LogP contribution in [0, 0.1) is 0 Å². The first-order valence-corrected chi connectivity index (χ1v) is 5.69. The lowest BCUT2D eigenvalue weighted by Gasteiger charge is -2.10. The van der Waals surface area contributed by atoms with Crippen molar-refractivity contribution >= 4 is 33.2 Å². The van der Waals surface area contributed by atoms with E-state index < -0.39 is 14.5 Å². The Morgan fingerprint density at radius 2 is 1.85 bits per heavy atom. The van der Waals surface area contributed by atoms with Gasteiger partial charge in [0, 0.05) is 5.56 Å². The highest BCUT2D eigenvalue weighted by atomic mass is 35.5. The number of benzene rings is 1. The first-order chi connectivity index (χ1) is 5.93. The van der Waals surface area contributed by atoms with Gasteiger partial charge in [-0.25, -0.2) is 8.42 Å². The Labute approximate surface area is 85.7 Å². The number of fused-ring (bicyclic) bond motifs is 1. The van der Waals surface area contributed by atoms with Gasteiger partial charge >= 0.3 is 0 Å². The molecule has 1 aliphatic rings. The second-order valence-corrected chi connectivity index (χ2v) is 5.65. The van der Waals surface area contributed by atoms with Crippen LogP contribution in [-0.4, -0.2) is 8.42 Å². The molecule has 1 heterocycles. The fraction of sp³-hybridized carbons (Fsp3) is 0.143. The van der Waals surface area contributed by atoms with E-state index in [2.05, 4.69) is 4.72 Å². The van der Waals surface area contributed by atoms with Crippen LogP contribution in [0.25, 0.3) is 0 Å². The zero-order chi connectivity index (χ0) is 9.69. The average molecular weight is 238 g/mol. The Kier molecular flexibility index (Phi) is 1.86. The highest BCUT2D eigenvalue weighted by Crippen LogP contribution is 2.41. The van der Waals surface area contributed by atoms with Crippen LogP contribution in [0.5, 0.6) is 0 Å². The van der Waals surface area contributed by atoms with Gasteiger partial charge in [-0.2, -0.15) is 4.72 Å². The van der Waals surface area contributed by atoms with Crippen molar-refractivity contribution in [1.29, 1.82) is 0 Å². The molecule has 0 aliphatic carbocycles. The summed E-state index contributed by atoms with van der Waals surface area (Å²) in [4.78, 5) is 0.139. The van der Waals surface area contributed by atoms with E-state index in [0.29, 0.717) is 5.56 Å². The summed E-state index contributed by atoms with van der Waals surface area (Å²) in [5.41, 5.74) is 0.373. The summed E-state index contributed by atoms with van der Waals surface area (Å²) in [6.45, 7) is 0. The second kappa shape index (κ2) is 2.60. The van der Waals surface area contributed by atoms with Crippen LogP contribution in [-0.2, 0) is 14.5 Å². The van der Waals surface area contributed by atoms with E-state index >= 15 is 0 Å². The molecule has 0 bridgehead atoms. The Morgan fingerprint density at radius 1 is 1.23 bits per heavy atom. The highest BCUT2D eigenvalue weighted by molar-refractivity contribution is 7.90. The van der Waals surface area contributed by atoms with E-state index in [1.807, 2.05) is 0 Å². The van der Waals surface area contributed by atoms with Gasteiger partial charge in [-0.1, -0.05) is 41.4 Å². The van der Waals surface area contributed by atoms with Crippen LogP contribution in [0.4, 0.5) is 0 Å². The molecular formula is C7H5Cl2NO2S. The van der Waals surface area contributed by atoms with Crippen molar-refractivity contribution in [1.82, 2.24) is 4.72 Å². The molecule has 1 N–H and O–H groups in total. The number of sulfonamides is 1. The maximum Gasteiger partial charge on any atom is 0.243 e. The molecule has 6 heteroatoms. The minimum absolute atomic E-state index is 0.139. The standard InChI is InChI=1S/C7H5Cl2NO2S/c8-7(9)5-3-1-2-4-6(5)13(11,12)10-7/h1-4,10H. The summed E-state index contributed by atoms with van der Waals surface area (Å²) in [5.74, 6) is 0. The van der Waals surface area contributed by atoms with Gasteiger partial charge in [0.15, 0.2) is 0 Å². The minimum atomic E-state index is -3.53. The van der Waals surface area contributed by atoms with Crippen LogP contribution in [0.1, 0.15) is 5.56 Å². The molecule has 0 fully saturated rings. The molecule has 0 saturated carbocycles. The molecule has 70 valence electrons. The van der Waals surface area contributed by atoms with E-state index in [9.17, 15) is 8.42 Å². The number of nitrogens with one attached hydrogen (secondary N) is 1. The van der Waals surface area contributed by atoms with E-state index in [0.717, 1.165) is 0 Å². The smallest absolute Gasteiger partial charge is 0.207 e. The lowest BCUT2D eigenvalue weighted by Crippen LogP contribution is -2.28. The van der Waals surface area contributed by atoms with E-state index in [1.165, 1.54) is 6.07 Å². The van der Waals surface area contributed by atoms with Crippen molar-refractivity contribution in [3.05, 3.63) is 29.8 Å². The third-order valence-corrected chi connectivity index (χ3v) is 4.11. The van der Waals surface area contributed by atoms with Crippen molar-refractivity contribution in [3.63, 3.8) is 0 Å². The zero-order valence-electron chi connectivity index (χ0n) is 6.29. The van der Waals surface area contributed by atoms with Gasteiger partial charge in [-0.3, -0.25) is 0 Å². The van der Waals surface area contributed by atoms with Crippen LogP contribution < -0.4 is 4.72 Å². The first-order valence-electron chi connectivity index (χ1n) is 3.45. The van der Waals surface area contributed by atoms with Gasteiger partial charge in [0.05, 0.1) is 4.90 Å². The average Bonchev–Trinajstić information content (AvgIpc) is 2.20. The summed E-state index contributed by atoms with van der Waals surface area (Å²) in [5, 5.41) is 0. The molecule has 0 saturated heterocycles. The molecule has 1 aromatic rings. The highest BCUT2D eigenvalue weighted by Gasteiger charge is 2.43. The summed E-state index contributed by atoms with van der Waals surface area (Å²) >= 11 is 11.5. The SMILES string of the molecule is O=S1(=O)NC(Cl)(Cl)c2ccccc21. The molecule has 13 heavy (non-hydrogen) atoms. The Hall–Kier alpha value is -0.290. The van der Waals surface area contributed by atoms with E-state index in [-0.39, 0.29) is 4.90 Å². The number of hydrogen-bond acceptors (Lipinski definition) is 2. The van der Waals surface area contributed by atoms with Gasteiger partial charge < -0.3 is 0 Å². The molecule has 0 spiro atoms. The number of alkyl halides is 2. The predicted octanol–water partition coefficient (Wildman–Crippen LogP) is 1.57. The largest absolute Gasteiger partial charge is 0.243 e. The normalized spacial score (nSPS) is 22.6. The van der Waals surface area contributed by atoms with Crippen molar-refractivity contribution in [2.45, 2.75) is 9.35 Å². The van der Waals surface area contributed by atoms with Crippen LogP contribution in [0.15, 0.2) is 29.2 Å². The Bertz CT molecular complexity index is 455. The first kappa shape index (κ1) is 9.27.